The highest BCUT2D eigenvalue weighted by molar-refractivity contribution is 6.30. The number of hydrogen-bond acceptors (Lipinski definition) is 3. The van der Waals surface area contributed by atoms with Crippen LogP contribution in [0, 0.1) is 0 Å². The molecule has 1 heterocycles. The molecule has 1 unspecified atom stereocenters. The maximum Gasteiger partial charge on any atom is 0.329 e. The molecule has 4 nitrogen and oxygen atoms in total. The molecular weight excluding hydrogens is 278 g/mol. The zero-order valence-corrected chi connectivity index (χ0v) is 12.3. The first-order valence-corrected chi connectivity index (χ1v) is 7.27. The van der Waals surface area contributed by atoms with Gasteiger partial charge >= 0.3 is 5.97 Å². The van der Waals surface area contributed by atoms with Crippen molar-refractivity contribution in [2.45, 2.75) is 31.9 Å². The summed E-state index contributed by atoms with van der Waals surface area (Å²) < 4.78 is 5.35. The Balaban J connectivity index is 1.83. The molecule has 1 saturated heterocycles. The van der Waals surface area contributed by atoms with Gasteiger partial charge in [-0.2, -0.15) is 0 Å². The maximum absolute atomic E-state index is 10.5. The number of ether oxygens (including phenoxy) is 1. The number of likely N-dealkylation sites (tertiary alicyclic amines) is 1. The van der Waals surface area contributed by atoms with Crippen LogP contribution in [0.4, 0.5) is 0 Å². The molecule has 1 N–H and O–H groups in total. The molecule has 5 heteroatoms. The minimum Gasteiger partial charge on any atom is -0.480 e. The molecule has 1 fully saturated rings. The van der Waals surface area contributed by atoms with Crippen LogP contribution in [0.1, 0.15) is 31.4 Å². The maximum atomic E-state index is 10.5. The number of halogens is 1. The predicted molar refractivity (Wildman–Crippen MR) is 78.0 cm³/mol. The van der Waals surface area contributed by atoms with Crippen LogP contribution in [0.3, 0.4) is 0 Å². The first-order chi connectivity index (χ1) is 9.56. The topological polar surface area (TPSA) is 49.8 Å². The van der Waals surface area contributed by atoms with E-state index in [1.165, 1.54) is 5.56 Å². The monoisotopic (exact) mass is 297 g/mol. The number of carboxylic acid groups (broad SMARTS) is 1. The van der Waals surface area contributed by atoms with E-state index in [-0.39, 0.29) is 12.7 Å². The Morgan fingerprint density at radius 1 is 1.40 bits per heavy atom. The molecule has 0 bridgehead atoms. The third kappa shape index (κ3) is 4.20. The van der Waals surface area contributed by atoms with Gasteiger partial charge < -0.3 is 9.84 Å². The number of benzene rings is 1. The third-order valence-corrected chi connectivity index (χ3v) is 4.07. The highest BCUT2D eigenvalue weighted by Crippen LogP contribution is 2.26. The number of aliphatic carboxylic acids is 1. The predicted octanol–water partition coefficient (Wildman–Crippen LogP) is 2.97. The molecule has 0 radical (unpaired) electrons. The lowest BCUT2D eigenvalue weighted by atomic mass is 10.0. The summed E-state index contributed by atoms with van der Waals surface area (Å²) in [6.45, 7) is 3.83. The standard InChI is InChI=1S/C15H20ClNO3/c1-11(12-2-4-13(16)5-3-12)17-8-6-14(7-9-17)20-10-15(18)19/h2-5,11,14H,6-10H2,1H3,(H,18,19). The van der Waals surface area contributed by atoms with Crippen molar-refractivity contribution in [1.29, 1.82) is 0 Å². The number of nitrogens with zero attached hydrogens (tertiary/aromatic N) is 1. The van der Waals surface area contributed by atoms with Crippen molar-refractivity contribution in [2.24, 2.45) is 0 Å². The lowest BCUT2D eigenvalue weighted by Crippen LogP contribution is -2.39. The highest BCUT2D eigenvalue weighted by atomic mass is 35.5. The van der Waals surface area contributed by atoms with Gasteiger partial charge in [0.05, 0.1) is 6.10 Å². The molecule has 0 spiro atoms. The Bertz CT molecular complexity index is 441. The Hall–Kier alpha value is -1.10. The zero-order valence-electron chi connectivity index (χ0n) is 11.6. The molecule has 0 saturated carbocycles. The molecule has 1 atom stereocenters. The van der Waals surface area contributed by atoms with Crippen LogP contribution in [0.5, 0.6) is 0 Å². The molecule has 20 heavy (non-hydrogen) atoms. The summed E-state index contributed by atoms with van der Waals surface area (Å²) in [6.07, 6.45) is 1.83. The average molecular weight is 298 g/mol. The van der Waals surface area contributed by atoms with Gasteiger partial charge in [-0.15, -0.1) is 0 Å². The molecule has 0 aliphatic carbocycles. The largest absolute Gasteiger partial charge is 0.480 e. The summed E-state index contributed by atoms with van der Waals surface area (Å²) in [5.74, 6) is -0.901. The van der Waals surface area contributed by atoms with Gasteiger partial charge in [-0.1, -0.05) is 23.7 Å². The second kappa shape index (κ2) is 7.07. The molecule has 1 aromatic rings. The number of carboxylic acids is 1. The second-order valence-corrected chi connectivity index (χ2v) is 5.60. The zero-order chi connectivity index (χ0) is 14.5. The first-order valence-electron chi connectivity index (χ1n) is 6.89. The van der Waals surface area contributed by atoms with E-state index in [4.69, 9.17) is 21.4 Å². The highest BCUT2D eigenvalue weighted by Gasteiger charge is 2.24. The Morgan fingerprint density at radius 3 is 2.55 bits per heavy atom. The van der Waals surface area contributed by atoms with Crippen molar-refractivity contribution >= 4 is 17.6 Å². The SMILES string of the molecule is CC(c1ccc(Cl)cc1)N1CCC(OCC(=O)O)CC1. The van der Waals surface area contributed by atoms with Crippen LogP contribution in [-0.4, -0.2) is 41.8 Å². The summed E-state index contributed by atoms with van der Waals surface area (Å²) in [5.41, 5.74) is 1.25. The molecule has 0 aromatic heterocycles. The number of hydrogen-bond donors (Lipinski definition) is 1. The lowest BCUT2D eigenvalue weighted by Gasteiger charge is -2.36. The number of piperidine rings is 1. The van der Waals surface area contributed by atoms with Gasteiger partial charge in [0.2, 0.25) is 0 Å². The van der Waals surface area contributed by atoms with Crippen molar-refractivity contribution in [3.63, 3.8) is 0 Å². The Morgan fingerprint density at radius 2 is 2.00 bits per heavy atom. The van der Waals surface area contributed by atoms with Crippen molar-refractivity contribution in [1.82, 2.24) is 4.90 Å². The smallest absolute Gasteiger partial charge is 0.329 e. The van der Waals surface area contributed by atoms with E-state index >= 15 is 0 Å². The minimum atomic E-state index is -0.901. The van der Waals surface area contributed by atoms with Crippen LogP contribution in [0.15, 0.2) is 24.3 Å². The van der Waals surface area contributed by atoms with Crippen LogP contribution < -0.4 is 0 Å². The molecule has 1 aromatic carbocycles. The van der Waals surface area contributed by atoms with Crippen molar-refractivity contribution in [3.05, 3.63) is 34.9 Å². The van der Waals surface area contributed by atoms with Crippen molar-refractivity contribution in [3.8, 4) is 0 Å². The average Bonchev–Trinajstić information content (AvgIpc) is 2.46. The number of carbonyl (C=O) groups is 1. The summed E-state index contributed by atoms with van der Waals surface area (Å²) in [7, 11) is 0. The van der Waals surface area contributed by atoms with Gasteiger partial charge in [-0.25, -0.2) is 4.79 Å². The van der Waals surface area contributed by atoms with Crippen LogP contribution in [0.25, 0.3) is 0 Å². The van der Waals surface area contributed by atoms with E-state index < -0.39 is 5.97 Å². The van der Waals surface area contributed by atoms with Gasteiger partial charge in [0.15, 0.2) is 0 Å². The summed E-state index contributed by atoms with van der Waals surface area (Å²) in [4.78, 5) is 12.9. The van der Waals surface area contributed by atoms with Crippen molar-refractivity contribution in [2.75, 3.05) is 19.7 Å². The first kappa shape index (κ1) is 15.3. The van der Waals surface area contributed by atoms with E-state index in [0.29, 0.717) is 6.04 Å². The molecule has 110 valence electrons. The van der Waals surface area contributed by atoms with E-state index in [9.17, 15) is 4.79 Å². The molecule has 1 aliphatic rings. The summed E-state index contributed by atoms with van der Waals surface area (Å²) >= 11 is 5.90. The van der Waals surface area contributed by atoms with Crippen LogP contribution >= 0.6 is 11.6 Å². The molecular formula is C15H20ClNO3. The fourth-order valence-electron chi connectivity index (χ4n) is 2.57. The minimum absolute atomic E-state index is 0.0692. The van der Waals surface area contributed by atoms with E-state index in [0.717, 1.165) is 31.0 Å². The van der Waals surface area contributed by atoms with Gasteiger partial charge in [0.25, 0.3) is 0 Å². The van der Waals surface area contributed by atoms with E-state index in [1.807, 2.05) is 12.1 Å². The van der Waals surface area contributed by atoms with Gasteiger partial charge in [-0.3, -0.25) is 4.90 Å². The number of rotatable bonds is 5. The van der Waals surface area contributed by atoms with Gasteiger partial charge in [0, 0.05) is 24.2 Å². The van der Waals surface area contributed by atoms with Gasteiger partial charge in [0.1, 0.15) is 6.61 Å². The van der Waals surface area contributed by atoms with E-state index in [1.54, 1.807) is 0 Å². The molecule has 1 aliphatic heterocycles. The summed E-state index contributed by atoms with van der Waals surface area (Å²) in [6, 6.07) is 8.28. The lowest BCUT2D eigenvalue weighted by molar-refractivity contribution is -0.145. The third-order valence-electron chi connectivity index (χ3n) is 3.82. The van der Waals surface area contributed by atoms with Gasteiger partial charge in [-0.05, 0) is 37.5 Å². The molecule has 2 rings (SSSR count). The van der Waals surface area contributed by atoms with Crippen LogP contribution in [-0.2, 0) is 9.53 Å². The molecule has 0 amide bonds. The Kier molecular flexibility index (Phi) is 5.40. The second-order valence-electron chi connectivity index (χ2n) is 5.17. The normalized spacial score (nSPS) is 18.9. The van der Waals surface area contributed by atoms with Crippen molar-refractivity contribution < 1.29 is 14.6 Å². The van der Waals surface area contributed by atoms with E-state index in [2.05, 4.69) is 24.0 Å². The summed E-state index contributed by atoms with van der Waals surface area (Å²) in [5, 5.41) is 9.36. The fourth-order valence-corrected chi connectivity index (χ4v) is 2.70. The quantitative estimate of drug-likeness (QED) is 0.908. The fraction of sp³-hybridized carbons (Fsp3) is 0.533. The van der Waals surface area contributed by atoms with Crippen LogP contribution in [0.2, 0.25) is 5.02 Å². The Labute approximate surface area is 124 Å².